The SMILES string of the molecule is CCCCCCN1Cc2ccc(C#N)cc2C1=O. The Hall–Kier alpha value is -1.82. The first-order chi connectivity index (χ1) is 8.76. The van der Waals surface area contributed by atoms with Gasteiger partial charge in [0.05, 0.1) is 11.6 Å². The molecule has 0 spiro atoms. The summed E-state index contributed by atoms with van der Waals surface area (Å²) in [6.45, 7) is 3.71. The smallest absolute Gasteiger partial charge is 0.254 e. The van der Waals surface area contributed by atoms with E-state index in [9.17, 15) is 4.79 Å². The summed E-state index contributed by atoms with van der Waals surface area (Å²) in [6, 6.07) is 7.48. The Morgan fingerprint density at radius 2 is 2.17 bits per heavy atom. The Labute approximate surface area is 108 Å². The van der Waals surface area contributed by atoms with Gasteiger partial charge in [0.2, 0.25) is 0 Å². The van der Waals surface area contributed by atoms with Crippen LogP contribution in [0.3, 0.4) is 0 Å². The lowest BCUT2D eigenvalue weighted by molar-refractivity contribution is 0.0775. The Morgan fingerprint density at radius 1 is 1.33 bits per heavy atom. The molecule has 1 aliphatic heterocycles. The fourth-order valence-electron chi connectivity index (χ4n) is 2.34. The maximum atomic E-state index is 12.1. The van der Waals surface area contributed by atoms with Crippen molar-refractivity contribution in [3.8, 4) is 6.07 Å². The molecule has 18 heavy (non-hydrogen) atoms. The van der Waals surface area contributed by atoms with Crippen molar-refractivity contribution in [3.05, 3.63) is 34.9 Å². The predicted octanol–water partition coefficient (Wildman–Crippen LogP) is 3.09. The van der Waals surface area contributed by atoms with E-state index in [1.54, 1.807) is 12.1 Å². The first-order valence-corrected chi connectivity index (χ1v) is 6.58. The highest BCUT2D eigenvalue weighted by atomic mass is 16.2. The Kier molecular flexibility index (Phi) is 3.99. The van der Waals surface area contributed by atoms with Crippen molar-refractivity contribution in [2.45, 2.75) is 39.2 Å². The monoisotopic (exact) mass is 242 g/mol. The van der Waals surface area contributed by atoms with Gasteiger partial charge in [0.1, 0.15) is 0 Å². The average molecular weight is 242 g/mol. The van der Waals surface area contributed by atoms with Gasteiger partial charge in [0, 0.05) is 18.7 Å². The van der Waals surface area contributed by atoms with Crippen LogP contribution in [0.4, 0.5) is 0 Å². The molecule has 0 atom stereocenters. The van der Waals surface area contributed by atoms with Gasteiger partial charge in [-0.25, -0.2) is 0 Å². The number of carbonyl (C=O) groups is 1. The minimum Gasteiger partial charge on any atom is -0.334 e. The fourth-order valence-corrected chi connectivity index (χ4v) is 2.34. The van der Waals surface area contributed by atoms with Gasteiger partial charge < -0.3 is 4.90 Å². The molecule has 3 heteroatoms. The molecular formula is C15H18N2O. The molecule has 0 bridgehead atoms. The first-order valence-electron chi connectivity index (χ1n) is 6.58. The van der Waals surface area contributed by atoms with Crippen molar-refractivity contribution in [1.29, 1.82) is 5.26 Å². The quantitative estimate of drug-likeness (QED) is 0.745. The molecule has 0 saturated heterocycles. The lowest BCUT2D eigenvalue weighted by atomic mass is 10.1. The minimum atomic E-state index is 0.0820. The van der Waals surface area contributed by atoms with Gasteiger partial charge >= 0.3 is 0 Å². The summed E-state index contributed by atoms with van der Waals surface area (Å²) < 4.78 is 0. The number of hydrogen-bond donors (Lipinski definition) is 0. The van der Waals surface area contributed by atoms with E-state index in [0.29, 0.717) is 17.7 Å². The zero-order chi connectivity index (χ0) is 13.0. The number of hydrogen-bond acceptors (Lipinski definition) is 2. The van der Waals surface area contributed by atoms with Crippen LogP contribution in [0.15, 0.2) is 18.2 Å². The maximum Gasteiger partial charge on any atom is 0.254 e. The Bertz CT molecular complexity index is 488. The normalized spacial score (nSPS) is 13.6. The number of benzene rings is 1. The van der Waals surface area contributed by atoms with Gasteiger partial charge in [-0.3, -0.25) is 4.79 Å². The van der Waals surface area contributed by atoms with Crippen LogP contribution in [0.5, 0.6) is 0 Å². The highest BCUT2D eigenvalue weighted by Crippen LogP contribution is 2.24. The second-order valence-electron chi connectivity index (χ2n) is 4.77. The number of unbranched alkanes of at least 4 members (excludes halogenated alkanes) is 3. The van der Waals surface area contributed by atoms with Crippen LogP contribution in [-0.2, 0) is 6.54 Å². The highest BCUT2D eigenvalue weighted by Gasteiger charge is 2.26. The van der Waals surface area contributed by atoms with Crippen LogP contribution >= 0.6 is 0 Å². The zero-order valence-corrected chi connectivity index (χ0v) is 10.8. The summed E-state index contributed by atoms with van der Waals surface area (Å²) in [5.74, 6) is 0.0820. The third kappa shape index (κ3) is 2.53. The van der Waals surface area contributed by atoms with Crippen molar-refractivity contribution < 1.29 is 4.79 Å². The molecule has 1 aromatic rings. The third-order valence-corrected chi connectivity index (χ3v) is 3.40. The maximum absolute atomic E-state index is 12.1. The summed E-state index contributed by atoms with van der Waals surface area (Å²) in [6.07, 6.45) is 4.69. The van der Waals surface area contributed by atoms with Crippen molar-refractivity contribution in [1.82, 2.24) is 4.90 Å². The molecule has 1 amide bonds. The van der Waals surface area contributed by atoms with E-state index < -0.39 is 0 Å². The molecule has 2 rings (SSSR count). The van der Waals surface area contributed by atoms with Crippen LogP contribution in [-0.4, -0.2) is 17.4 Å². The van der Waals surface area contributed by atoms with Crippen molar-refractivity contribution in [2.24, 2.45) is 0 Å². The predicted molar refractivity (Wildman–Crippen MR) is 70.0 cm³/mol. The largest absolute Gasteiger partial charge is 0.334 e. The van der Waals surface area contributed by atoms with E-state index in [1.165, 1.54) is 19.3 Å². The molecule has 0 saturated carbocycles. The molecule has 1 aliphatic rings. The van der Waals surface area contributed by atoms with Gasteiger partial charge in [0.25, 0.3) is 5.91 Å². The molecule has 0 aromatic heterocycles. The fraction of sp³-hybridized carbons (Fsp3) is 0.467. The van der Waals surface area contributed by atoms with E-state index in [1.807, 2.05) is 11.0 Å². The average Bonchev–Trinajstić information content (AvgIpc) is 2.71. The summed E-state index contributed by atoms with van der Waals surface area (Å²) in [7, 11) is 0. The second-order valence-corrected chi connectivity index (χ2v) is 4.77. The van der Waals surface area contributed by atoms with Crippen LogP contribution in [0.2, 0.25) is 0 Å². The number of nitrogens with zero attached hydrogens (tertiary/aromatic N) is 2. The molecule has 94 valence electrons. The number of carbonyl (C=O) groups excluding carboxylic acids is 1. The first kappa shape index (κ1) is 12.6. The molecule has 0 N–H and O–H groups in total. The molecule has 1 aromatic carbocycles. The number of rotatable bonds is 5. The van der Waals surface area contributed by atoms with Gasteiger partial charge in [-0.2, -0.15) is 5.26 Å². The van der Waals surface area contributed by atoms with Crippen molar-refractivity contribution >= 4 is 5.91 Å². The molecule has 1 heterocycles. The number of fused-ring (bicyclic) bond motifs is 1. The number of amides is 1. The topological polar surface area (TPSA) is 44.1 Å². The second kappa shape index (κ2) is 5.68. The molecule has 0 aliphatic carbocycles. The van der Waals surface area contributed by atoms with Gasteiger partial charge in [-0.1, -0.05) is 32.3 Å². The molecule has 0 unspecified atom stereocenters. The molecule has 3 nitrogen and oxygen atoms in total. The zero-order valence-electron chi connectivity index (χ0n) is 10.8. The van der Waals surface area contributed by atoms with Gasteiger partial charge in [-0.05, 0) is 24.1 Å². The third-order valence-electron chi connectivity index (χ3n) is 3.40. The van der Waals surface area contributed by atoms with Crippen LogP contribution in [0.25, 0.3) is 0 Å². The minimum absolute atomic E-state index is 0.0820. The summed E-state index contributed by atoms with van der Waals surface area (Å²) in [5, 5.41) is 8.85. The lowest BCUT2D eigenvalue weighted by Gasteiger charge is -2.14. The van der Waals surface area contributed by atoms with E-state index in [4.69, 9.17) is 5.26 Å². The van der Waals surface area contributed by atoms with Crippen LogP contribution in [0.1, 0.15) is 54.1 Å². The van der Waals surface area contributed by atoms with E-state index in [2.05, 4.69) is 13.0 Å². The Morgan fingerprint density at radius 3 is 2.89 bits per heavy atom. The van der Waals surface area contributed by atoms with Gasteiger partial charge in [-0.15, -0.1) is 0 Å². The van der Waals surface area contributed by atoms with Crippen LogP contribution < -0.4 is 0 Å². The van der Waals surface area contributed by atoms with E-state index in [0.717, 1.165) is 18.5 Å². The summed E-state index contributed by atoms with van der Waals surface area (Å²) in [5.41, 5.74) is 2.33. The van der Waals surface area contributed by atoms with E-state index >= 15 is 0 Å². The standard InChI is InChI=1S/C15H18N2O/c1-2-3-4-5-8-17-11-13-7-6-12(10-16)9-14(13)15(17)18/h6-7,9H,2-5,8,11H2,1H3. The van der Waals surface area contributed by atoms with Crippen LogP contribution in [0, 0.1) is 11.3 Å². The van der Waals surface area contributed by atoms with Gasteiger partial charge in [0.15, 0.2) is 0 Å². The molecule has 0 fully saturated rings. The van der Waals surface area contributed by atoms with E-state index in [-0.39, 0.29) is 5.91 Å². The summed E-state index contributed by atoms with van der Waals surface area (Å²) in [4.78, 5) is 14.0. The van der Waals surface area contributed by atoms with Crippen molar-refractivity contribution in [2.75, 3.05) is 6.54 Å². The molecular weight excluding hydrogens is 224 g/mol. The van der Waals surface area contributed by atoms with Crippen molar-refractivity contribution in [3.63, 3.8) is 0 Å². The summed E-state index contributed by atoms with van der Waals surface area (Å²) >= 11 is 0. The molecule has 0 radical (unpaired) electrons. The number of nitriles is 1. The Balaban J connectivity index is 2.00. The highest BCUT2D eigenvalue weighted by molar-refractivity contribution is 5.98. The lowest BCUT2D eigenvalue weighted by Crippen LogP contribution is -2.24.